The molecule has 7 fully saturated rings. The van der Waals surface area contributed by atoms with Crippen molar-refractivity contribution < 1.29 is 51.6 Å². The van der Waals surface area contributed by atoms with Crippen molar-refractivity contribution in [2.75, 3.05) is 84.4 Å². The van der Waals surface area contributed by atoms with Crippen LogP contribution >= 0.6 is 0 Å². The number of carbonyl (C=O) groups is 4. The number of hydrogen-bond donors (Lipinski definition) is 1. The van der Waals surface area contributed by atoms with Gasteiger partial charge in [-0.3, -0.25) is 38.8 Å². The van der Waals surface area contributed by atoms with Gasteiger partial charge >= 0.3 is 23.9 Å². The van der Waals surface area contributed by atoms with Crippen LogP contribution in [0.3, 0.4) is 0 Å². The molecule has 7 aliphatic heterocycles. The third-order valence-corrected chi connectivity index (χ3v) is 20.1. The van der Waals surface area contributed by atoms with Crippen molar-refractivity contribution in [3.8, 4) is 23.0 Å². The molecule has 23 heteroatoms. The third kappa shape index (κ3) is 11.6. The lowest BCUT2D eigenvalue weighted by atomic mass is 9.88. The fourth-order valence-corrected chi connectivity index (χ4v) is 15.7. The van der Waals surface area contributed by atoms with Gasteiger partial charge in [0.1, 0.15) is 53.5 Å². The quantitative estimate of drug-likeness (QED) is 0.0751. The predicted molar refractivity (Wildman–Crippen MR) is 329 cm³/mol. The van der Waals surface area contributed by atoms with Crippen LogP contribution in [0.4, 0.5) is 24.2 Å². The molecular weight excluding hydrogens is 1140 g/mol. The van der Waals surface area contributed by atoms with Gasteiger partial charge < -0.3 is 38.4 Å². The highest BCUT2D eigenvalue weighted by molar-refractivity contribution is 6.02. The molecule has 10 heterocycles. The van der Waals surface area contributed by atoms with Crippen LogP contribution in [0.25, 0.3) is 44.0 Å². The number of imidazole rings is 1. The second kappa shape index (κ2) is 24.4. The first-order valence-electron chi connectivity index (χ1n) is 32.0. The predicted octanol–water partition coefficient (Wildman–Crippen LogP) is 8.99. The molecule has 6 aromatic rings. The maximum absolute atomic E-state index is 17.9. The standard InChI is InChI=1S/C66H81F2N11O10/c1-7-47-50(67)13-9-42-29-46(88-38-85-6)31-48(55(42)47)57-56(68)58-49(32-69-57)59(76-34-43-11-12-44(35-76)78(43)64(84)89-65(2,3)4)72-61(71-58)87-37-66-22-8-24-77(66)45(17-23-66)36-86-63(83)75-27-18-39(19-28-75)33-74-25-20-40(21-26-74)41-10-14-51-53(30-41)73(5)62(82)79(51)52-15-16-54(80)70-60(52)81/h9-10,13-14,29-32,39-40,43-45,52H,7-8,11-12,15-28,33-38H2,1-6H3,(H,70,80,81)/t43?,44?,45-,52?,66-/m0/s1. The van der Waals surface area contributed by atoms with E-state index in [9.17, 15) is 24.0 Å². The molecule has 0 spiro atoms. The minimum absolute atomic E-state index is 0.00223. The fraction of sp³-hybridized carbons (Fsp3) is 0.576. The number of likely N-dealkylation sites (tertiary alicyclic amines) is 2. The van der Waals surface area contributed by atoms with Crippen molar-refractivity contribution in [3.05, 3.63) is 81.9 Å². The average molecular weight is 1230 g/mol. The largest absolute Gasteiger partial charge is 0.468 e. The van der Waals surface area contributed by atoms with Crippen LogP contribution in [0.1, 0.15) is 128 Å². The zero-order valence-electron chi connectivity index (χ0n) is 51.9. The first kappa shape index (κ1) is 60.4. The van der Waals surface area contributed by atoms with E-state index in [0.717, 1.165) is 95.9 Å². The number of benzene rings is 3. The van der Waals surface area contributed by atoms with Crippen molar-refractivity contribution in [1.29, 1.82) is 0 Å². The molecule has 0 saturated carbocycles. The smallest absolute Gasteiger partial charge is 0.410 e. The van der Waals surface area contributed by atoms with Gasteiger partial charge in [0.25, 0.3) is 0 Å². The highest BCUT2D eigenvalue weighted by Gasteiger charge is 2.51. The number of nitrogens with zero attached hydrogens (tertiary/aromatic N) is 10. The minimum atomic E-state index is -0.724. The van der Waals surface area contributed by atoms with E-state index < -0.39 is 29.2 Å². The molecule has 0 radical (unpaired) electrons. The van der Waals surface area contributed by atoms with Gasteiger partial charge in [0.05, 0.1) is 34.0 Å². The van der Waals surface area contributed by atoms with Gasteiger partial charge in [0.2, 0.25) is 11.8 Å². The zero-order valence-corrected chi connectivity index (χ0v) is 51.9. The first-order valence-corrected chi connectivity index (χ1v) is 32.0. The molecular formula is C66H81F2N11O10. The van der Waals surface area contributed by atoms with E-state index in [0.29, 0.717) is 95.2 Å². The molecule has 3 unspecified atom stereocenters. The molecule has 3 aromatic heterocycles. The first-order chi connectivity index (χ1) is 42.9. The molecule has 13 rings (SSSR count). The number of nitrogens with one attached hydrogen (secondary N) is 1. The van der Waals surface area contributed by atoms with E-state index in [1.54, 1.807) is 36.0 Å². The summed E-state index contributed by atoms with van der Waals surface area (Å²) in [6, 6.07) is 11.6. The number of aromatic nitrogens is 5. The van der Waals surface area contributed by atoms with Crippen LogP contribution in [0, 0.1) is 17.6 Å². The molecule has 89 heavy (non-hydrogen) atoms. The number of piperazine rings is 1. The van der Waals surface area contributed by atoms with Crippen LogP contribution in [0.5, 0.6) is 11.8 Å². The number of halogens is 2. The van der Waals surface area contributed by atoms with E-state index in [1.807, 2.05) is 43.6 Å². The molecule has 3 aromatic carbocycles. The van der Waals surface area contributed by atoms with Gasteiger partial charge in [-0.1, -0.05) is 19.1 Å². The van der Waals surface area contributed by atoms with Gasteiger partial charge in [-0.25, -0.2) is 23.2 Å². The lowest BCUT2D eigenvalue weighted by molar-refractivity contribution is -0.135. The topological polar surface area (TPSA) is 208 Å². The van der Waals surface area contributed by atoms with Crippen LogP contribution in [0.15, 0.2) is 53.5 Å². The Kier molecular flexibility index (Phi) is 16.5. The number of amides is 4. The lowest BCUT2D eigenvalue weighted by Crippen LogP contribution is -2.57. The number of aryl methyl sites for hydroxylation is 2. The van der Waals surface area contributed by atoms with Crippen molar-refractivity contribution in [3.63, 3.8) is 0 Å². The van der Waals surface area contributed by atoms with Crippen LogP contribution in [-0.2, 0) is 37.3 Å². The Morgan fingerprint density at radius 3 is 2.35 bits per heavy atom. The Morgan fingerprint density at radius 2 is 1.62 bits per heavy atom. The number of methoxy groups -OCH3 is 1. The van der Waals surface area contributed by atoms with Gasteiger partial charge in [0, 0.05) is 71.1 Å². The van der Waals surface area contributed by atoms with E-state index in [4.69, 9.17) is 38.6 Å². The van der Waals surface area contributed by atoms with Crippen LogP contribution < -0.4 is 25.4 Å². The van der Waals surface area contributed by atoms with Gasteiger partial charge in [-0.05, 0) is 182 Å². The molecule has 7 aliphatic rings. The van der Waals surface area contributed by atoms with E-state index >= 15 is 8.78 Å². The average Bonchev–Trinajstić information content (AvgIpc) is 1.89. The Bertz CT molecular complexity index is 3790. The Labute approximate surface area is 515 Å². The second-order valence-corrected chi connectivity index (χ2v) is 26.7. The van der Waals surface area contributed by atoms with Gasteiger partial charge in [-0.15, -0.1) is 0 Å². The summed E-state index contributed by atoms with van der Waals surface area (Å²) in [5.74, 6) is -0.232. The number of imide groups is 1. The fourth-order valence-electron chi connectivity index (χ4n) is 15.7. The normalized spacial score (nSPS) is 23.9. The number of anilines is 1. The number of carbonyl (C=O) groups excluding carboxylic acids is 4. The van der Waals surface area contributed by atoms with Gasteiger partial charge in [-0.2, -0.15) is 9.97 Å². The summed E-state index contributed by atoms with van der Waals surface area (Å²) in [5, 5.41) is 3.93. The van der Waals surface area contributed by atoms with Crippen molar-refractivity contribution in [1.82, 2.24) is 49.0 Å². The summed E-state index contributed by atoms with van der Waals surface area (Å²) in [7, 11) is 3.24. The minimum Gasteiger partial charge on any atom is -0.468 e. The Morgan fingerprint density at radius 1 is 0.843 bits per heavy atom. The molecule has 2 bridgehead atoms. The van der Waals surface area contributed by atoms with E-state index in [-0.39, 0.29) is 91.1 Å². The van der Waals surface area contributed by atoms with Gasteiger partial charge in [0.15, 0.2) is 12.6 Å². The molecule has 474 valence electrons. The highest BCUT2D eigenvalue weighted by Crippen LogP contribution is 2.45. The Balaban J connectivity index is 0.659. The zero-order chi connectivity index (χ0) is 62.0. The SMILES string of the molecule is CCc1c(F)ccc2cc(OCOC)cc(-c3ncc4c(N5CC6CCC(C5)N6C(=O)OC(C)(C)C)nc(OC[C@@]56CCCN5[C@H](COC(=O)N5CCC(CN7CCC(c8ccc9c(c8)n(C)c(=O)n9C8CCC(=O)NC8=O)CC7)CC5)CC6)nc4c3F)c12. The summed E-state index contributed by atoms with van der Waals surface area (Å²) in [6.07, 6.45) is 10.5. The molecule has 4 amide bonds. The highest BCUT2D eigenvalue weighted by atomic mass is 19.1. The molecule has 21 nitrogen and oxygen atoms in total. The maximum atomic E-state index is 17.9. The van der Waals surface area contributed by atoms with Crippen molar-refractivity contribution in [2.24, 2.45) is 13.0 Å². The molecule has 5 atom stereocenters. The number of rotatable bonds is 15. The third-order valence-electron chi connectivity index (χ3n) is 20.1. The van der Waals surface area contributed by atoms with Crippen LogP contribution in [0.2, 0.25) is 0 Å². The number of ether oxygens (including phenoxy) is 5. The summed E-state index contributed by atoms with van der Waals surface area (Å²) in [4.78, 5) is 90.7. The monoisotopic (exact) mass is 1230 g/mol. The van der Waals surface area contributed by atoms with E-state index in [2.05, 4.69) is 32.1 Å². The molecule has 0 aliphatic carbocycles. The number of piperidine rings is 3. The maximum Gasteiger partial charge on any atom is 0.410 e. The van der Waals surface area contributed by atoms with Crippen LogP contribution in [-0.4, -0.2) is 176 Å². The number of pyridine rings is 1. The second-order valence-electron chi connectivity index (χ2n) is 26.7. The lowest BCUT2D eigenvalue weighted by Gasteiger charge is -2.42. The molecule has 1 N–H and O–H groups in total. The molecule has 7 saturated heterocycles. The summed E-state index contributed by atoms with van der Waals surface area (Å²) in [5.41, 5.74) is 2.07. The van der Waals surface area contributed by atoms with Crippen molar-refractivity contribution >= 4 is 62.5 Å². The summed E-state index contributed by atoms with van der Waals surface area (Å²) >= 11 is 0. The van der Waals surface area contributed by atoms with Crippen molar-refractivity contribution in [2.45, 2.75) is 152 Å². The number of fused-ring (bicyclic) bond motifs is 6. The number of hydrogen-bond acceptors (Lipinski definition) is 16. The summed E-state index contributed by atoms with van der Waals surface area (Å²) in [6.45, 7) is 13.7. The summed E-state index contributed by atoms with van der Waals surface area (Å²) < 4.78 is 66.4. The Hall–Kier alpha value is -7.50. The van der Waals surface area contributed by atoms with E-state index in [1.165, 1.54) is 23.3 Å².